The summed E-state index contributed by atoms with van der Waals surface area (Å²) in [6.07, 6.45) is 0.984. The maximum atomic E-state index is 12.1. The molecule has 2 amide bonds. The van der Waals surface area contributed by atoms with Crippen LogP contribution < -0.4 is 10.6 Å². The van der Waals surface area contributed by atoms with Gasteiger partial charge in [0.05, 0.1) is 4.92 Å². The third kappa shape index (κ3) is 4.41. The van der Waals surface area contributed by atoms with Crippen LogP contribution >= 0.6 is 0 Å². The van der Waals surface area contributed by atoms with Gasteiger partial charge in [0, 0.05) is 43.9 Å². The first-order valence-electron chi connectivity index (χ1n) is 7.54. The molecule has 0 aliphatic carbocycles. The summed E-state index contributed by atoms with van der Waals surface area (Å²) in [7, 11) is 0. The Kier molecular flexibility index (Phi) is 5.51. The highest BCUT2D eigenvalue weighted by Crippen LogP contribution is 2.15. The second-order valence-corrected chi connectivity index (χ2v) is 5.39. The number of hydrogen-bond acceptors (Lipinski definition) is 5. The predicted octanol–water partition coefficient (Wildman–Crippen LogP) is 1.13. The molecule has 0 radical (unpaired) electrons. The van der Waals surface area contributed by atoms with Crippen molar-refractivity contribution in [2.45, 2.75) is 25.8 Å². The summed E-state index contributed by atoms with van der Waals surface area (Å²) in [5.74, 6) is -0.147. The Morgan fingerprint density at radius 1 is 1.43 bits per heavy atom. The molecule has 1 heterocycles. The Bertz CT molecular complexity index is 588. The van der Waals surface area contributed by atoms with E-state index in [4.69, 9.17) is 0 Å². The van der Waals surface area contributed by atoms with Crippen molar-refractivity contribution in [3.63, 3.8) is 0 Å². The lowest BCUT2D eigenvalue weighted by Gasteiger charge is -2.32. The van der Waals surface area contributed by atoms with Crippen LogP contribution in [0.5, 0.6) is 0 Å². The monoisotopic (exact) mass is 320 g/mol. The highest BCUT2D eigenvalue weighted by molar-refractivity contribution is 5.88. The molecule has 8 heteroatoms. The standard InChI is InChI=1S/C15H20N4O4/c1-11-15(21)17-9-10-18(11)14(20)3-2-8-16-12-4-6-13(7-5-12)19(22)23/h4-7,11,16H,2-3,8-10H2,1H3,(H,17,21). The second-order valence-electron chi connectivity index (χ2n) is 5.39. The van der Waals surface area contributed by atoms with Gasteiger partial charge in [-0.15, -0.1) is 0 Å². The normalized spacial score (nSPS) is 17.5. The number of rotatable bonds is 6. The van der Waals surface area contributed by atoms with Gasteiger partial charge in [-0.25, -0.2) is 0 Å². The van der Waals surface area contributed by atoms with Crippen LogP contribution in [-0.4, -0.2) is 47.3 Å². The maximum Gasteiger partial charge on any atom is 0.269 e. The van der Waals surface area contributed by atoms with Crippen LogP contribution in [0, 0.1) is 10.1 Å². The molecule has 0 saturated carbocycles. The summed E-state index contributed by atoms with van der Waals surface area (Å²) >= 11 is 0. The molecule has 8 nitrogen and oxygen atoms in total. The fourth-order valence-corrected chi connectivity index (χ4v) is 2.44. The number of anilines is 1. The second kappa shape index (κ2) is 7.57. The van der Waals surface area contributed by atoms with Crippen molar-refractivity contribution < 1.29 is 14.5 Å². The van der Waals surface area contributed by atoms with Crippen molar-refractivity contribution in [1.82, 2.24) is 10.2 Å². The van der Waals surface area contributed by atoms with Gasteiger partial charge in [0.15, 0.2) is 0 Å². The van der Waals surface area contributed by atoms with Gasteiger partial charge in [-0.3, -0.25) is 19.7 Å². The number of carbonyl (C=O) groups is 2. The van der Waals surface area contributed by atoms with Crippen molar-refractivity contribution in [2.75, 3.05) is 25.0 Å². The minimum absolute atomic E-state index is 0.0298. The van der Waals surface area contributed by atoms with Gasteiger partial charge in [0.2, 0.25) is 11.8 Å². The van der Waals surface area contributed by atoms with Gasteiger partial charge in [0.25, 0.3) is 5.69 Å². The third-order valence-corrected chi connectivity index (χ3v) is 3.79. The number of hydrogen-bond donors (Lipinski definition) is 2. The minimum atomic E-state index is -0.446. The molecule has 2 N–H and O–H groups in total. The number of non-ortho nitro benzene ring substituents is 1. The van der Waals surface area contributed by atoms with Crippen LogP contribution in [0.15, 0.2) is 24.3 Å². The van der Waals surface area contributed by atoms with Crippen LogP contribution in [0.25, 0.3) is 0 Å². The molecule has 2 rings (SSSR count). The largest absolute Gasteiger partial charge is 0.385 e. The average Bonchev–Trinajstić information content (AvgIpc) is 2.54. The molecule has 1 aliphatic heterocycles. The van der Waals surface area contributed by atoms with Gasteiger partial charge in [-0.2, -0.15) is 0 Å². The molecule has 124 valence electrons. The van der Waals surface area contributed by atoms with Gasteiger partial charge in [-0.1, -0.05) is 0 Å². The van der Waals surface area contributed by atoms with E-state index in [1.54, 1.807) is 24.0 Å². The van der Waals surface area contributed by atoms with E-state index < -0.39 is 11.0 Å². The topological polar surface area (TPSA) is 105 Å². The van der Waals surface area contributed by atoms with Gasteiger partial charge >= 0.3 is 0 Å². The highest BCUT2D eigenvalue weighted by atomic mass is 16.6. The first-order chi connectivity index (χ1) is 11.0. The van der Waals surface area contributed by atoms with Gasteiger partial charge in [-0.05, 0) is 25.5 Å². The zero-order valence-electron chi connectivity index (χ0n) is 12.9. The van der Waals surface area contributed by atoms with E-state index in [2.05, 4.69) is 10.6 Å². The lowest BCUT2D eigenvalue weighted by Crippen LogP contribution is -2.55. The third-order valence-electron chi connectivity index (χ3n) is 3.79. The minimum Gasteiger partial charge on any atom is -0.385 e. The van der Waals surface area contributed by atoms with Crippen LogP contribution in [0.1, 0.15) is 19.8 Å². The molecular formula is C15H20N4O4. The molecule has 0 spiro atoms. The van der Waals surface area contributed by atoms with Crippen LogP contribution in [0.3, 0.4) is 0 Å². The fraction of sp³-hybridized carbons (Fsp3) is 0.467. The first-order valence-corrected chi connectivity index (χ1v) is 7.54. The molecule has 0 bridgehead atoms. The molecule has 1 aromatic carbocycles. The quantitative estimate of drug-likeness (QED) is 0.464. The van der Waals surface area contributed by atoms with E-state index in [1.807, 2.05) is 0 Å². The SMILES string of the molecule is CC1C(=O)NCCN1C(=O)CCCNc1ccc([N+](=O)[O-])cc1. The summed E-state index contributed by atoms with van der Waals surface area (Å²) in [4.78, 5) is 35.4. The van der Waals surface area contributed by atoms with Crippen molar-refractivity contribution in [3.8, 4) is 0 Å². The fourth-order valence-electron chi connectivity index (χ4n) is 2.44. The van der Waals surface area contributed by atoms with E-state index in [1.165, 1.54) is 12.1 Å². The summed E-state index contributed by atoms with van der Waals surface area (Å²) in [6.45, 7) is 3.34. The van der Waals surface area contributed by atoms with E-state index >= 15 is 0 Å². The average molecular weight is 320 g/mol. The van der Waals surface area contributed by atoms with Crippen molar-refractivity contribution >= 4 is 23.2 Å². The van der Waals surface area contributed by atoms with E-state index in [0.717, 1.165) is 5.69 Å². The first kappa shape index (κ1) is 16.7. The summed E-state index contributed by atoms with van der Waals surface area (Å²) in [5, 5.41) is 16.4. The lowest BCUT2D eigenvalue weighted by atomic mass is 10.1. The number of carbonyl (C=O) groups excluding carboxylic acids is 2. The number of piperazine rings is 1. The Morgan fingerprint density at radius 3 is 2.78 bits per heavy atom. The number of nitro benzene ring substituents is 1. The zero-order chi connectivity index (χ0) is 16.8. The van der Waals surface area contributed by atoms with Crippen molar-refractivity contribution in [3.05, 3.63) is 34.4 Å². The molecule has 1 aliphatic rings. The van der Waals surface area contributed by atoms with Crippen LogP contribution in [-0.2, 0) is 9.59 Å². The Morgan fingerprint density at radius 2 is 2.13 bits per heavy atom. The molecule has 0 aromatic heterocycles. The molecule has 1 aromatic rings. The smallest absolute Gasteiger partial charge is 0.269 e. The Labute approximate surface area is 134 Å². The molecular weight excluding hydrogens is 300 g/mol. The van der Waals surface area contributed by atoms with Crippen molar-refractivity contribution in [2.24, 2.45) is 0 Å². The molecule has 1 saturated heterocycles. The maximum absolute atomic E-state index is 12.1. The Hall–Kier alpha value is -2.64. The number of amides is 2. The van der Waals surface area contributed by atoms with Gasteiger partial charge < -0.3 is 15.5 Å². The molecule has 1 atom stereocenters. The van der Waals surface area contributed by atoms with Crippen LogP contribution in [0.4, 0.5) is 11.4 Å². The van der Waals surface area contributed by atoms with E-state index in [-0.39, 0.29) is 17.5 Å². The number of nitro groups is 1. The highest BCUT2D eigenvalue weighted by Gasteiger charge is 2.28. The van der Waals surface area contributed by atoms with Crippen molar-refractivity contribution in [1.29, 1.82) is 0 Å². The number of nitrogens with one attached hydrogen (secondary N) is 2. The van der Waals surface area contributed by atoms with E-state index in [9.17, 15) is 19.7 Å². The summed E-state index contributed by atoms with van der Waals surface area (Å²) in [5.41, 5.74) is 0.817. The summed E-state index contributed by atoms with van der Waals surface area (Å²) in [6, 6.07) is 5.72. The molecule has 23 heavy (non-hydrogen) atoms. The zero-order valence-corrected chi connectivity index (χ0v) is 12.9. The molecule has 1 unspecified atom stereocenters. The Balaban J connectivity index is 1.73. The molecule has 1 fully saturated rings. The van der Waals surface area contributed by atoms with Gasteiger partial charge in [0.1, 0.15) is 6.04 Å². The van der Waals surface area contributed by atoms with Crippen LogP contribution in [0.2, 0.25) is 0 Å². The summed E-state index contributed by atoms with van der Waals surface area (Å²) < 4.78 is 0. The lowest BCUT2D eigenvalue weighted by molar-refractivity contribution is -0.384. The predicted molar refractivity (Wildman–Crippen MR) is 85.0 cm³/mol. The number of nitrogens with zero attached hydrogens (tertiary/aromatic N) is 2. The number of benzene rings is 1. The van der Waals surface area contributed by atoms with E-state index in [0.29, 0.717) is 32.5 Å².